The average molecular weight is 422 g/mol. The van der Waals surface area contributed by atoms with Crippen molar-refractivity contribution >= 4 is 0 Å². The Morgan fingerprint density at radius 3 is 2.67 bits per heavy atom. The van der Waals surface area contributed by atoms with Crippen molar-refractivity contribution in [1.29, 1.82) is 0 Å². The highest BCUT2D eigenvalue weighted by atomic mass is 16.4. The van der Waals surface area contributed by atoms with Crippen LogP contribution in [0.5, 0.6) is 0 Å². The third-order valence-electron chi connectivity index (χ3n) is 8.44. The van der Waals surface area contributed by atoms with Crippen LogP contribution in [0.15, 0.2) is 35.5 Å². The summed E-state index contributed by atoms with van der Waals surface area (Å²) in [5, 5.41) is 30.2. The fraction of sp³-hybridized carbons (Fsp3) is 0.778. The van der Waals surface area contributed by atoms with E-state index in [-0.39, 0.29) is 0 Å². The minimum atomic E-state index is -0.615. The summed E-state index contributed by atoms with van der Waals surface area (Å²) in [5.74, 6) is 2.11. The molecule has 0 bridgehead atoms. The van der Waals surface area contributed by atoms with E-state index in [4.69, 9.17) is 0 Å². The molecule has 3 nitrogen and oxygen atoms in total. The summed E-state index contributed by atoms with van der Waals surface area (Å²) in [7, 11) is 0. The molecule has 6 atom stereocenters. The van der Waals surface area contributed by atoms with E-state index in [1.165, 1.54) is 38.5 Å². The molecule has 3 N–H and O–H groups in total. The molecule has 0 spiro atoms. The second kappa shape index (κ2) is 9.30. The van der Waals surface area contributed by atoms with Gasteiger partial charge in [-0.1, -0.05) is 51.0 Å². The van der Waals surface area contributed by atoms with Crippen molar-refractivity contribution in [3.05, 3.63) is 35.5 Å². The van der Waals surface area contributed by atoms with Crippen LogP contribution < -0.4 is 0 Å². The summed E-state index contributed by atoms with van der Waals surface area (Å²) in [6, 6.07) is 0. The van der Waals surface area contributed by atoms with Gasteiger partial charge in [-0.05, 0) is 93.1 Å². The second-order valence-corrected chi connectivity index (χ2v) is 11.3. The number of aliphatic hydroxyl groups is 3. The first-order chi connectivity index (χ1) is 14.0. The predicted octanol–water partition coefficient (Wildman–Crippen LogP) is 5.70. The van der Waals surface area contributed by atoms with E-state index in [0.717, 1.165) is 29.9 Å². The lowest BCUT2D eigenvalue weighted by Crippen LogP contribution is -2.36. The molecule has 0 aromatic carbocycles. The molecule has 0 unspecified atom stereocenters. The van der Waals surface area contributed by atoms with Gasteiger partial charge < -0.3 is 15.3 Å². The minimum absolute atomic E-state index is 0.374. The summed E-state index contributed by atoms with van der Waals surface area (Å²) in [5.41, 5.74) is 3.17. The van der Waals surface area contributed by atoms with Crippen molar-refractivity contribution in [2.45, 2.75) is 110 Å². The molecule has 170 valence electrons. The fourth-order valence-corrected chi connectivity index (χ4v) is 6.74. The summed E-state index contributed by atoms with van der Waals surface area (Å²) >= 11 is 0. The van der Waals surface area contributed by atoms with Crippen LogP contribution in [0.1, 0.15) is 91.9 Å². The second-order valence-electron chi connectivity index (χ2n) is 11.3. The molecule has 3 aliphatic rings. The predicted molar refractivity (Wildman–Crippen MR) is 124 cm³/mol. The van der Waals surface area contributed by atoms with Crippen LogP contribution >= 0.6 is 0 Å². The van der Waals surface area contributed by atoms with Crippen molar-refractivity contribution < 1.29 is 15.3 Å². The van der Waals surface area contributed by atoms with Crippen molar-refractivity contribution in [3.63, 3.8) is 0 Å². The van der Waals surface area contributed by atoms with Gasteiger partial charge >= 0.3 is 0 Å². The van der Waals surface area contributed by atoms with Crippen molar-refractivity contribution in [3.8, 4) is 0 Å². The Bertz CT molecular complexity index is 683. The average Bonchev–Trinajstić information content (AvgIpc) is 3.00. The molecule has 3 fully saturated rings. The summed E-state index contributed by atoms with van der Waals surface area (Å²) in [4.78, 5) is 0. The van der Waals surface area contributed by atoms with Crippen LogP contribution in [-0.2, 0) is 0 Å². The summed E-state index contributed by atoms with van der Waals surface area (Å²) in [6.07, 6.45) is 13.9. The number of aliphatic hydroxyl groups excluding tert-OH is 2. The molecular weight excluding hydrogens is 377 g/mol. The van der Waals surface area contributed by atoms with E-state index in [2.05, 4.69) is 32.6 Å². The van der Waals surface area contributed by atoms with E-state index in [1.54, 1.807) is 5.57 Å². The molecule has 0 aliphatic heterocycles. The number of allylic oxidation sites excluding steroid dienone is 3. The molecule has 0 amide bonds. The lowest BCUT2D eigenvalue weighted by molar-refractivity contribution is 0.0596. The minimum Gasteiger partial charge on any atom is -0.393 e. The molecular formula is C27H44O3. The SMILES string of the molecule is C=C1/C(=C\C=C2/CCC[C@]3(C)[C@@H]([C@H](C)C[13CH2][13CH2][13C]([13CH3])([13CH3])O)CC[C@@H]23)C[C@@H](O)C[C@@H]1O. The Morgan fingerprint density at radius 2 is 1.97 bits per heavy atom. The number of hydrogen-bond acceptors (Lipinski definition) is 3. The molecule has 30 heavy (non-hydrogen) atoms. The first-order valence-corrected chi connectivity index (χ1v) is 12.2. The van der Waals surface area contributed by atoms with Gasteiger partial charge in [0.2, 0.25) is 0 Å². The molecule has 0 heterocycles. The molecule has 0 aromatic rings. The van der Waals surface area contributed by atoms with E-state index < -0.39 is 17.8 Å². The van der Waals surface area contributed by atoms with Gasteiger partial charge in [-0.15, -0.1) is 0 Å². The van der Waals surface area contributed by atoms with Gasteiger partial charge in [-0.2, -0.15) is 0 Å². The molecule has 3 aliphatic carbocycles. The topological polar surface area (TPSA) is 60.7 Å². The third-order valence-corrected chi connectivity index (χ3v) is 8.44. The van der Waals surface area contributed by atoms with Gasteiger partial charge in [-0.25, -0.2) is 0 Å². The van der Waals surface area contributed by atoms with Crippen LogP contribution in [0.3, 0.4) is 0 Å². The zero-order valence-electron chi connectivity index (χ0n) is 19.7. The van der Waals surface area contributed by atoms with Gasteiger partial charge in [-0.3, -0.25) is 0 Å². The molecule has 3 rings (SSSR count). The maximum atomic E-state index is 10.1. The van der Waals surface area contributed by atoms with Crippen LogP contribution in [0, 0.1) is 23.2 Å². The van der Waals surface area contributed by atoms with Crippen LogP contribution in [0.2, 0.25) is 0 Å². The molecule has 0 radical (unpaired) electrons. The standard InChI is InChI=1S/C27H44O3/c1-18(8-6-14-26(3,4)30)23-12-13-24-20(9-7-15-27(23,24)5)10-11-21-16-22(28)17-25(29)19(21)2/h10-11,18,22-25,28-30H,2,6-9,12-17H2,1,3-5H3/b20-10+,21-11-/t18-,22-,23-,24+,25+,27-/m1/s1/i3+1,4+1,6+1,14+1,26+1. The molecule has 0 saturated heterocycles. The zero-order chi connectivity index (χ0) is 22.1. The number of hydrogen-bond donors (Lipinski definition) is 3. The Hall–Kier alpha value is -0.900. The normalized spacial score (nSPS) is 38.8. The van der Waals surface area contributed by atoms with Crippen molar-refractivity contribution in [1.82, 2.24) is 0 Å². The Labute approximate surface area is 184 Å². The summed E-state index contributed by atoms with van der Waals surface area (Å²) < 4.78 is 0. The molecule has 0 aromatic heterocycles. The van der Waals surface area contributed by atoms with Crippen LogP contribution in [0.25, 0.3) is 0 Å². The highest BCUT2D eigenvalue weighted by Gasteiger charge is 2.50. The highest BCUT2D eigenvalue weighted by Crippen LogP contribution is 2.60. The smallest absolute Gasteiger partial charge is 0.0811 e. The van der Waals surface area contributed by atoms with Gasteiger partial charge in [0.25, 0.3) is 0 Å². The van der Waals surface area contributed by atoms with E-state index in [1.807, 2.05) is 13.8 Å². The van der Waals surface area contributed by atoms with Crippen molar-refractivity contribution in [2.75, 3.05) is 0 Å². The fourth-order valence-electron chi connectivity index (χ4n) is 6.74. The van der Waals surface area contributed by atoms with Gasteiger partial charge in [0, 0.05) is 6.42 Å². The van der Waals surface area contributed by atoms with Crippen LogP contribution in [0.4, 0.5) is 0 Å². The van der Waals surface area contributed by atoms with Gasteiger partial charge in [0.05, 0.1) is 17.8 Å². The number of fused-ring (bicyclic) bond motifs is 1. The quantitative estimate of drug-likeness (QED) is 0.482. The van der Waals surface area contributed by atoms with Gasteiger partial charge in [0.1, 0.15) is 0 Å². The van der Waals surface area contributed by atoms with E-state index in [9.17, 15) is 15.3 Å². The lowest BCUT2D eigenvalue weighted by atomic mass is 9.61. The Kier molecular flexibility index (Phi) is 7.37. The summed E-state index contributed by atoms with van der Waals surface area (Å²) in [6.45, 7) is 12.8. The Morgan fingerprint density at radius 1 is 1.23 bits per heavy atom. The number of rotatable bonds is 6. The molecule has 3 heteroatoms. The first kappa shape index (κ1) is 23.8. The van der Waals surface area contributed by atoms with Crippen LogP contribution in [-0.4, -0.2) is 33.1 Å². The zero-order valence-corrected chi connectivity index (χ0v) is 19.7. The third kappa shape index (κ3) is 5.29. The van der Waals surface area contributed by atoms with Crippen molar-refractivity contribution in [2.24, 2.45) is 23.2 Å². The largest absolute Gasteiger partial charge is 0.393 e. The van der Waals surface area contributed by atoms with Gasteiger partial charge in [0.15, 0.2) is 0 Å². The van der Waals surface area contributed by atoms with E-state index in [0.29, 0.717) is 30.1 Å². The molecule has 3 saturated carbocycles. The van der Waals surface area contributed by atoms with E-state index >= 15 is 0 Å². The first-order valence-electron chi connectivity index (χ1n) is 12.2. The lowest BCUT2D eigenvalue weighted by Gasteiger charge is -2.44. The Balaban J connectivity index is 1.70. The maximum absolute atomic E-state index is 10.1. The maximum Gasteiger partial charge on any atom is 0.0811 e. The highest BCUT2D eigenvalue weighted by molar-refractivity contribution is 5.38. The monoisotopic (exact) mass is 421 g/mol.